The van der Waals surface area contributed by atoms with Crippen molar-refractivity contribution in [2.24, 2.45) is 0 Å². The van der Waals surface area contributed by atoms with Gasteiger partial charge in [-0.2, -0.15) is 0 Å². The fraction of sp³-hybridized carbons (Fsp3) is 0.120. The van der Waals surface area contributed by atoms with Gasteiger partial charge in [-0.15, -0.1) is 0 Å². The van der Waals surface area contributed by atoms with Crippen LogP contribution in [0, 0.1) is 19.7 Å². The number of ketones is 1. The number of hydrogen-bond donors (Lipinski definition) is 1. The third-order valence-corrected chi connectivity index (χ3v) is 5.76. The van der Waals surface area contributed by atoms with Crippen molar-refractivity contribution >= 4 is 39.1 Å². The van der Waals surface area contributed by atoms with Crippen LogP contribution >= 0.6 is 15.9 Å². The smallest absolute Gasteiger partial charge is 0.300 e. The lowest BCUT2D eigenvalue weighted by Gasteiger charge is -2.26. The van der Waals surface area contributed by atoms with Crippen LogP contribution in [0.1, 0.15) is 28.3 Å². The molecule has 1 amide bonds. The van der Waals surface area contributed by atoms with Gasteiger partial charge in [-0.1, -0.05) is 46.3 Å². The third-order valence-electron chi connectivity index (χ3n) is 5.23. The van der Waals surface area contributed by atoms with Crippen LogP contribution in [-0.4, -0.2) is 16.8 Å². The molecule has 1 fully saturated rings. The van der Waals surface area contributed by atoms with E-state index in [9.17, 15) is 19.1 Å². The van der Waals surface area contributed by atoms with Crippen LogP contribution in [0.2, 0.25) is 0 Å². The maximum Gasteiger partial charge on any atom is 0.300 e. The van der Waals surface area contributed by atoms with E-state index in [1.54, 1.807) is 24.3 Å². The van der Waals surface area contributed by atoms with E-state index in [0.717, 1.165) is 15.6 Å². The first-order valence-electron chi connectivity index (χ1n) is 9.67. The summed E-state index contributed by atoms with van der Waals surface area (Å²) < 4.78 is 14.4. The summed E-state index contributed by atoms with van der Waals surface area (Å²) in [7, 11) is 0. The van der Waals surface area contributed by atoms with E-state index < -0.39 is 23.5 Å². The second-order valence-corrected chi connectivity index (χ2v) is 8.49. The number of benzene rings is 3. The summed E-state index contributed by atoms with van der Waals surface area (Å²) >= 11 is 3.35. The molecule has 156 valence electrons. The van der Waals surface area contributed by atoms with Gasteiger partial charge >= 0.3 is 0 Å². The summed E-state index contributed by atoms with van der Waals surface area (Å²) in [5.74, 6) is -2.22. The molecule has 0 saturated carbocycles. The minimum Gasteiger partial charge on any atom is -0.507 e. The van der Waals surface area contributed by atoms with Crippen molar-refractivity contribution < 1.29 is 19.1 Å². The largest absolute Gasteiger partial charge is 0.507 e. The molecule has 1 aliphatic rings. The Morgan fingerprint density at radius 2 is 1.52 bits per heavy atom. The van der Waals surface area contributed by atoms with E-state index in [1.807, 2.05) is 32.0 Å². The lowest BCUT2D eigenvalue weighted by atomic mass is 9.95. The number of carbonyl (C=O) groups is 2. The van der Waals surface area contributed by atoms with Crippen molar-refractivity contribution in [1.29, 1.82) is 0 Å². The molecule has 4 nitrogen and oxygen atoms in total. The molecule has 1 saturated heterocycles. The fourth-order valence-electron chi connectivity index (χ4n) is 3.91. The maximum absolute atomic E-state index is 13.6. The first kappa shape index (κ1) is 21.0. The fourth-order valence-corrected chi connectivity index (χ4v) is 4.18. The van der Waals surface area contributed by atoms with Crippen molar-refractivity contribution in [3.8, 4) is 0 Å². The summed E-state index contributed by atoms with van der Waals surface area (Å²) in [5.41, 5.74) is 3.32. The first-order chi connectivity index (χ1) is 14.8. The van der Waals surface area contributed by atoms with Crippen molar-refractivity contribution in [2.45, 2.75) is 19.9 Å². The molecule has 1 heterocycles. The number of Topliss-reactive ketones (excluding diaryl/α,β-unsaturated/α-hetero) is 1. The molecule has 0 aromatic heterocycles. The summed E-state index contributed by atoms with van der Waals surface area (Å²) in [4.78, 5) is 27.6. The number of halogens is 2. The lowest BCUT2D eigenvalue weighted by Crippen LogP contribution is -2.29. The van der Waals surface area contributed by atoms with Crippen LogP contribution in [0.25, 0.3) is 5.76 Å². The normalized spacial score (nSPS) is 17.9. The molecule has 0 aliphatic carbocycles. The highest BCUT2D eigenvalue weighted by Crippen LogP contribution is 2.42. The van der Waals surface area contributed by atoms with Crippen molar-refractivity contribution in [3.63, 3.8) is 0 Å². The minimum atomic E-state index is -0.884. The molecule has 1 unspecified atom stereocenters. The Hall–Kier alpha value is -3.25. The predicted molar refractivity (Wildman–Crippen MR) is 121 cm³/mol. The SMILES string of the molecule is Cc1cc(C)cc(N2C(=O)C(=O)/C(=C(/O)c3ccc(Br)cc3)C2c2ccc(F)cc2)c1. The van der Waals surface area contributed by atoms with Crippen LogP contribution in [0.15, 0.2) is 76.8 Å². The Morgan fingerprint density at radius 3 is 2.10 bits per heavy atom. The number of carbonyl (C=O) groups excluding carboxylic acids is 2. The average Bonchev–Trinajstić information content (AvgIpc) is 2.99. The minimum absolute atomic E-state index is 0.0295. The van der Waals surface area contributed by atoms with Gasteiger partial charge in [0.15, 0.2) is 0 Å². The molecule has 1 aliphatic heterocycles. The summed E-state index contributed by atoms with van der Waals surface area (Å²) in [6.45, 7) is 3.81. The van der Waals surface area contributed by atoms with Gasteiger partial charge in [0.1, 0.15) is 11.6 Å². The van der Waals surface area contributed by atoms with Gasteiger partial charge in [0.2, 0.25) is 0 Å². The quantitative estimate of drug-likeness (QED) is 0.292. The highest BCUT2D eigenvalue weighted by atomic mass is 79.9. The van der Waals surface area contributed by atoms with Crippen molar-refractivity contribution in [3.05, 3.63) is 105 Å². The van der Waals surface area contributed by atoms with E-state index in [4.69, 9.17) is 0 Å². The zero-order valence-corrected chi connectivity index (χ0v) is 18.5. The standard InChI is InChI=1S/C25H19BrFNO3/c1-14-11-15(2)13-20(12-14)28-22(16-5-9-19(27)10-6-16)21(24(30)25(28)31)23(29)17-3-7-18(26)8-4-17/h3-13,22,29H,1-2H3/b23-21+. The molecule has 0 spiro atoms. The van der Waals surface area contributed by atoms with Crippen LogP contribution in [0.5, 0.6) is 0 Å². The molecular formula is C25H19BrFNO3. The first-order valence-corrected chi connectivity index (χ1v) is 10.5. The molecule has 3 aromatic carbocycles. The summed E-state index contributed by atoms with van der Waals surface area (Å²) in [6.07, 6.45) is 0. The predicted octanol–water partition coefficient (Wildman–Crippen LogP) is 5.83. The van der Waals surface area contributed by atoms with E-state index in [0.29, 0.717) is 16.8 Å². The second-order valence-electron chi connectivity index (χ2n) is 7.57. The Labute approximate surface area is 187 Å². The highest BCUT2D eigenvalue weighted by molar-refractivity contribution is 9.10. The summed E-state index contributed by atoms with van der Waals surface area (Å²) in [5, 5.41) is 11.1. The Bertz CT molecular complexity index is 1200. The molecule has 1 N–H and O–H groups in total. The van der Waals surface area contributed by atoms with E-state index in [2.05, 4.69) is 15.9 Å². The number of hydrogen-bond acceptors (Lipinski definition) is 3. The third kappa shape index (κ3) is 3.91. The van der Waals surface area contributed by atoms with Gasteiger partial charge in [0, 0.05) is 15.7 Å². The number of rotatable bonds is 3. The van der Waals surface area contributed by atoms with E-state index in [1.165, 1.54) is 29.2 Å². The Kier molecular flexibility index (Phi) is 5.50. The molecule has 6 heteroatoms. The number of nitrogens with zero attached hydrogens (tertiary/aromatic N) is 1. The van der Waals surface area contributed by atoms with Gasteiger partial charge < -0.3 is 5.11 Å². The van der Waals surface area contributed by atoms with E-state index in [-0.39, 0.29) is 11.3 Å². The number of amides is 1. The number of aliphatic hydroxyl groups is 1. The zero-order valence-electron chi connectivity index (χ0n) is 16.9. The summed E-state index contributed by atoms with van der Waals surface area (Å²) in [6, 6.07) is 17.1. The van der Waals surface area contributed by atoms with Crippen LogP contribution in [0.4, 0.5) is 10.1 Å². The Morgan fingerprint density at radius 1 is 0.935 bits per heavy atom. The zero-order chi connectivity index (χ0) is 22.3. The van der Waals surface area contributed by atoms with Crippen LogP contribution in [0.3, 0.4) is 0 Å². The monoisotopic (exact) mass is 479 g/mol. The topological polar surface area (TPSA) is 57.6 Å². The van der Waals surface area contributed by atoms with Crippen LogP contribution < -0.4 is 4.90 Å². The molecule has 3 aromatic rings. The van der Waals surface area contributed by atoms with E-state index >= 15 is 0 Å². The molecule has 0 bridgehead atoms. The molecule has 31 heavy (non-hydrogen) atoms. The van der Waals surface area contributed by atoms with Crippen molar-refractivity contribution in [1.82, 2.24) is 0 Å². The molecular weight excluding hydrogens is 461 g/mol. The lowest BCUT2D eigenvalue weighted by molar-refractivity contribution is -0.132. The Balaban J connectivity index is 1.96. The van der Waals surface area contributed by atoms with Gasteiger partial charge in [0.05, 0.1) is 11.6 Å². The van der Waals surface area contributed by atoms with Gasteiger partial charge in [0.25, 0.3) is 11.7 Å². The molecule has 0 radical (unpaired) electrons. The number of anilines is 1. The van der Waals surface area contributed by atoms with Gasteiger partial charge in [-0.25, -0.2) is 4.39 Å². The second kappa shape index (κ2) is 8.12. The van der Waals surface area contributed by atoms with Gasteiger partial charge in [-0.3, -0.25) is 14.5 Å². The van der Waals surface area contributed by atoms with Gasteiger partial charge in [-0.05, 0) is 66.9 Å². The molecule has 4 rings (SSSR count). The van der Waals surface area contributed by atoms with Crippen molar-refractivity contribution in [2.75, 3.05) is 4.90 Å². The van der Waals surface area contributed by atoms with Crippen LogP contribution in [-0.2, 0) is 9.59 Å². The number of aryl methyl sites for hydroxylation is 2. The maximum atomic E-state index is 13.6. The average molecular weight is 480 g/mol. The number of aliphatic hydroxyl groups excluding tert-OH is 1. The molecule has 1 atom stereocenters. The highest BCUT2D eigenvalue weighted by Gasteiger charge is 2.47.